The Hall–Kier alpha value is -1.89. The molecule has 0 bridgehead atoms. The average Bonchev–Trinajstić information content (AvgIpc) is 2.99. The second-order valence-corrected chi connectivity index (χ2v) is 8.05. The highest BCUT2D eigenvalue weighted by atomic mass is 32.1. The molecule has 0 saturated heterocycles. The first-order valence-electron chi connectivity index (χ1n) is 9.36. The van der Waals surface area contributed by atoms with Crippen molar-refractivity contribution in [2.24, 2.45) is 11.8 Å². The quantitative estimate of drug-likeness (QED) is 0.793. The van der Waals surface area contributed by atoms with Crippen molar-refractivity contribution in [1.29, 1.82) is 0 Å². The number of amides is 1. The number of aliphatic carboxylic acids is 1. The molecule has 142 valence electrons. The van der Waals surface area contributed by atoms with Crippen LogP contribution in [0.15, 0.2) is 0 Å². The highest BCUT2D eigenvalue weighted by molar-refractivity contribution is 7.17. The Morgan fingerprint density at radius 3 is 2.50 bits per heavy atom. The number of carboxylic acids is 1. The van der Waals surface area contributed by atoms with Gasteiger partial charge in [-0.3, -0.25) is 4.79 Å². The van der Waals surface area contributed by atoms with Gasteiger partial charge in [-0.1, -0.05) is 12.8 Å². The van der Waals surface area contributed by atoms with Crippen LogP contribution in [0.25, 0.3) is 0 Å². The normalized spacial score (nSPS) is 22.3. The van der Waals surface area contributed by atoms with E-state index in [9.17, 15) is 19.5 Å². The monoisotopic (exact) mass is 378 g/mol. The molecule has 2 unspecified atom stereocenters. The van der Waals surface area contributed by atoms with Crippen LogP contribution in [0.2, 0.25) is 0 Å². The first-order chi connectivity index (χ1) is 12.5. The van der Waals surface area contributed by atoms with Gasteiger partial charge in [0.25, 0.3) is 0 Å². The number of carbonyl (C=O) groups excluding carboxylic acids is 3. The van der Waals surface area contributed by atoms with Crippen LogP contribution in [-0.4, -0.2) is 24.5 Å². The molecule has 0 spiro atoms. The number of ether oxygens (including phenoxy) is 1. The van der Waals surface area contributed by atoms with Crippen LogP contribution in [0.1, 0.15) is 66.2 Å². The van der Waals surface area contributed by atoms with Gasteiger partial charge in [-0.2, -0.15) is 0 Å². The highest BCUT2D eigenvalue weighted by Gasteiger charge is 2.34. The summed E-state index contributed by atoms with van der Waals surface area (Å²) in [6.45, 7) is 2.02. The van der Waals surface area contributed by atoms with Crippen LogP contribution in [0, 0.1) is 11.8 Å². The SMILES string of the molecule is CCOC(=O)c1c(NC(=O)C2CCCCC2C(=O)[O-])sc2c1CCCC2. The first kappa shape index (κ1) is 18.9. The summed E-state index contributed by atoms with van der Waals surface area (Å²) in [5.74, 6) is -3.28. The zero-order valence-corrected chi connectivity index (χ0v) is 15.8. The second kappa shape index (κ2) is 8.20. The zero-order chi connectivity index (χ0) is 18.7. The number of carbonyl (C=O) groups is 3. The smallest absolute Gasteiger partial charge is 0.341 e. The number of nitrogens with one attached hydrogen (secondary N) is 1. The number of hydrogen-bond acceptors (Lipinski definition) is 6. The number of hydrogen-bond donors (Lipinski definition) is 1. The van der Waals surface area contributed by atoms with Gasteiger partial charge in [0, 0.05) is 22.7 Å². The van der Waals surface area contributed by atoms with Crippen LogP contribution in [0.5, 0.6) is 0 Å². The molecule has 1 saturated carbocycles. The molecule has 0 aliphatic heterocycles. The van der Waals surface area contributed by atoms with Crippen molar-refractivity contribution in [3.05, 3.63) is 16.0 Å². The lowest BCUT2D eigenvalue weighted by atomic mass is 9.78. The summed E-state index contributed by atoms with van der Waals surface area (Å²) in [5.41, 5.74) is 1.44. The van der Waals surface area contributed by atoms with Gasteiger partial charge < -0.3 is 20.0 Å². The van der Waals surface area contributed by atoms with Crippen LogP contribution in [-0.2, 0) is 27.2 Å². The maximum atomic E-state index is 12.8. The molecule has 1 N–H and O–H groups in total. The lowest BCUT2D eigenvalue weighted by molar-refractivity contribution is -0.313. The van der Waals surface area contributed by atoms with Crippen molar-refractivity contribution in [3.8, 4) is 0 Å². The maximum Gasteiger partial charge on any atom is 0.341 e. The van der Waals surface area contributed by atoms with Gasteiger partial charge in [-0.25, -0.2) is 4.79 Å². The third-order valence-electron chi connectivity index (χ3n) is 5.29. The minimum Gasteiger partial charge on any atom is -0.550 e. The zero-order valence-electron chi connectivity index (χ0n) is 15.0. The van der Waals surface area contributed by atoms with Crippen molar-refractivity contribution < 1.29 is 24.2 Å². The Balaban J connectivity index is 1.86. The Morgan fingerprint density at radius 1 is 1.12 bits per heavy atom. The molecule has 1 amide bonds. The number of fused-ring (bicyclic) bond motifs is 1. The van der Waals surface area contributed by atoms with E-state index in [1.807, 2.05) is 0 Å². The van der Waals surface area contributed by atoms with Gasteiger partial charge in [0.1, 0.15) is 5.00 Å². The number of thiophene rings is 1. The Kier molecular flexibility index (Phi) is 5.96. The molecule has 1 fully saturated rings. The molecule has 0 aromatic carbocycles. The summed E-state index contributed by atoms with van der Waals surface area (Å²) in [6, 6.07) is 0. The van der Waals surface area contributed by atoms with E-state index in [1.54, 1.807) is 6.92 Å². The molecule has 2 aliphatic carbocycles. The van der Waals surface area contributed by atoms with E-state index in [-0.39, 0.29) is 12.5 Å². The van der Waals surface area contributed by atoms with E-state index in [0.717, 1.165) is 49.0 Å². The number of rotatable bonds is 5. The highest BCUT2D eigenvalue weighted by Crippen LogP contribution is 2.39. The van der Waals surface area contributed by atoms with E-state index in [1.165, 1.54) is 11.3 Å². The standard InChI is InChI=1S/C19H25NO5S/c1-2-25-19(24)15-13-9-5-6-10-14(13)26-17(15)20-16(21)11-7-3-4-8-12(11)18(22)23/h11-12H,2-10H2,1H3,(H,20,21)(H,22,23)/p-1. The lowest BCUT2D eigenvalue weighted by Crippen LogP contribution is -2.42. The summed E-state index contributed by atoms with van der Waals surface area (Å²) in [7, 11) is 0. The average molecular weight is 378 g/mol. The van der Waals surface area contributed by atoms with Crippen LogP contribution < -0.4 is 10.4 Å². The van der Waals surface area contributed by atoms with Gasteiger partial charge in [-0.15, -0.1) is 11.3 Å². The molecule has 7 heteroatoms. The molecule has 2 atom stereocenters. The summed E-state index contributed by atoms with van der Waals surface area (Å²) in [6.07, 6.45) is 6.40. The van der Waals surface area contributed by atoms with Gasteiger partial charge in [0.15, 0.2) is 0 Å². The predicted molar refractivity (Wildman–Crippen MR) is 96.0 cm³/mol. The Bertz CT molecular complexity index is 711. The van der Waals surface area contributed by atoms with Crippen molar-refractivity contribution in [2.75, 3.05) is 11.9 Å². The van der Waals surface area contributed by atoms with Crippen molar-refractivity contribution in [3.63, 3.8) is 0 Å². The molecule has 1 aromatic heterocycles. The minimum atomic E-state index is -1.17. The fourth-order valence-electron chi connectivity index (χ4n) is 4.00. The predicted octanol–water partition coefficient (Wildman–Crippen LogP) is 2.30. The summed E-state index contributed by atoms with van der Waals surface area (Å²) in [4.78, 5) is 37.7. The number of aryl methyl sites for hydroxylation is 1. The minimum absolute atomic E-state index is 0.270. The van der Waals surface area contributed by atoms with Crippen LogP contribution in [0.4, 0.5) is 5.00 Å². The molecule has 6 nitrogen and oxygen atoms in total. The number of carboxylic acid groups (broad SMARTS) is 1. The van der Waals surface area contributed by atoms with E-state index in [4.69, 9.17) is 4.74 Å². The molecular formula is C19H24NO5S-. The molecule has 1 heterocycles. The molecule has 0 radical (unpaired) electrons. The first-order valence-corrected chi connectivity index (χ1v) is 10.2. The lowest BCUT2D eigenvalue weighted by Gasteiger charge is -2.31. The van der Waals surface area contributed by atoms with Gasteiger partial charge in [0.05, 0.1) is 12.2 Å². The summed E-state index contributed by atoms with van der Waals surface area (Å²) < 4.78 is 5.19. The van der Waals surface area contributed by atoms with E-state index >= 15 is 0 Å². The fraction of sp³-hybridized carbons (Fsp3) is 0.632. The largest absolute Gasteiger partial charge is 0.550 e. The molecular weight excluding hydrogens is 354 g/mol. The summed E-state index contributed by atoms with van der Waals surface area (Å²) in [5, 5.41) is 14.7. The molecule has 26 heavy (non-hydrogen) atoms. The van der Waals surface area contributed by atoms with Gasteiger partial charge >= 0.3 is 5.97 Å². The Morgan fingerprint density at radius 2 is 1.81 bits per heavy atom. The number of esters is 1. The molecule has 2 aliphatic rings. The van der Waals surface area contributed by atoms with Crippen LogP contribution >= 0.6 is 11.3 Å². The van der Waals surface area contributed by atoms with Gasteiger partial charge in [-0.05, 0) is 51.0 Å². The summed E-state index contributed by atoms with van der Waals surface area (Å²) >= 11 is 1.42. The van der Waals surface area contributed by atoms with Gasteiger partial charge in [0.2, 0.25) is 5.91 Å². The van der Waals surface area contributed by atoms with E-state index in [0.29, 0.717) is 23.4 Å². The second-order valence-electron chi connectivity index (χ2n) is 6.94. The fourth-order valence-corrected chi connectivity index (χ4v) is 5.28. The van der Waals surface area contributed by atoms with Crippen molar-refractivity contribution in [2.45, 2.75) is 58.3 Å². The van der Waals surface area contributed by atoms with E-state index < -0.39 is 23.8 Å². The van der Waals surface area contributed by atoms with Crippen molar-refractivity contribution >= 4 is 34.2 Å². The van der Waals surface area contributed by atoms with Crippen LogP contribution in [0.3, 0.4) is 0 Å². The number of anilines is 1. The van der Waals surface area contributed by atoms with Crippen molar-refractivity contribution in [1.82, 2.24) is 0 Å². The molecule has 1 aromatic rings. The van der Waals surface area contributed by atoms with E-state index in [2.05, 4.69) is 5.32 Å². The Labute approximate surface area is 156 Å². The maximum absolute atomic E-state index is 12.8. The third-order valence-corrected chi connectivity index (χ3v) is 6.50. The third kappa shape index (κ3) is 3.77. The molecule has 3 rings (SSSR count). The topological polar surface area (TPSA) is 95.5 Å².